The van der Waals surface area contributed by atoms with Gasteiger partial charge in [0.2, 0.25) is 0 Å². The quantitative estimate of drug-likeness (QED) is 0.862. The van der Waals surface area contributed by atoms with Crippen molar-refractivity contribution >= 4 is 26.7 Å². The molecule has 2 aromatic heterocycles. The van der Waals surface area contributed by atoms with Gasteiger partial charge in [-0.25, -0.2) is 13.4 Å². The second-order valence-electron chi connectivity index (χ2n) is 6.30. The summed E-state index contributed by atoms with van der Waals surface area (Å²) in [5.74, 6) is -0.285. The molecular weight excluding hydrogens is 318 g/mol. The number of hydrogen-bond acceptors (Lipinski definition) is 6. The van der Waals surface area contributed by atoms with E-state index in [0.29, 0.717) is 23.1 Å². The van der Waals surface area contributed by atoms with E-state index >= 15 is 0 Å². The molecule has 23 heavy (non-hydrogen) atoms. The van der Waals surface area contributed by atoms with E-state index in [1.807, 2.05) is 0 Å². The molecule has 2 aromatic rings. The lowest BCUT2D eigenvalue weighted by atomic mass is 9.95. The van der Waals surface area contributed by atoms with E-state index < -0.39 is 9.84 Å². The van der Waals surface area contributed by atoms with Crippen molar-refractivity contribution in [3.8, 4) is 0 Å². The standard InChI is InChI=1S/C15H17N3O4S/c1-23(20,21)14-7-22-13-6-16-12(5-9(13)14)15(19)18-11-4-8-2-3-10(11)17-8/h5-8,10-11,17H,2-4H2,1H3,(H,18,19)/t8-,10+,11-/m1/s1. The predicted molar refractivity (Wildman–Crippen MR) is 82.9 cm³/mol. The summed E-state index contributed by atoms with van der Waals surface area (Å²) < 4.78 is 28.7. The summed E-state index contributed by atoms with van der Waals surface area (Å²) in [6, 6.07) is 2.41. The van der Waals surface area contributed by atoms with Gasteiger partial charge in [0.25, 0.3) is 5.91 Å². The molecule has 0 spiro atoms. The van der Waals surface area contributed by atoms with E-state index in [-0.39, 0.29) is 22.5 Å². The molecular formula is C15H17N3O4S. The zero-order valence-corrected chi connectivity index (χ0v) is 13.4. The van der Waals surface area contributed by atoms with Gasteiger partial charge in [0.1, 0.15) is 16.9 Å². The number of hydrogen-bond donors (Lipinski definition) is 2. The van der Waals surface area contributed by atoms with Crippen molar-refractivity contribution in [2.45, 2.75) is 42.3 Å². The maximum absolute atomic E-state index is 12.4. The van der Waals surface area contributed by atoms with Crippen molar-refractivity contribution in [2.75, 3.05) is 6.26 Å². The number of nitrogens with one attached hydrogen (secondary N) is 2. The monoisotopic (exact) mass is 335 g/mol. The van der Waals surface area contributed by atoms with Crippen LogP contribution in [-0.2, 0) is 9.84 Å². The fourth-order valence-corrected chi connectivity index (χ4v) is 4.33. The summed E-state index contributed by atoms with van der Waals surface area (Å²) in [4.78, 5) is 16.6. The van der Waals surface area contributed by atoms with Gasteiger partial charge in [-0.3, -0.25) is 4.79 Å². The molecule has 2 aliphatic rings. The van der Waals surface area contributed by atoms with E-state index in [2.05, 4.69) is 15.6 Å². The normalized spacial score (nSPS) is 26.7. The Morgan fingerprint density at radius 2 is 2.26 bits per heavy atom. The number of fused-ring (bicyclic) bond motifs is 3. The first kappa shape index (κ1) is 14.6. The molecule has 2 saturated heterocycles. The Morgan fingerprint density at radius 1 is 1.43 bits per heavy atom. The van der Waals surface area contributed by atoms with Gasteiger partial charge in [-0.15, -0.1) is 0 Å². The molecule has 2 bridgehead atoms. The van der Waals surface area contributed by atoms with Crippen LogP contribution in [0.25, 0.3) is 11.0 Å². The third kappa shape index (κ3) is 2.51. The smallest absolute Gasteiger partial charge is 0.270 e. The minimum absolute atomic E-state index is 0.0746. The fraction of sp³-hybridized carbons (Fsp3) is 0.467. The second kappa shape index (κ2) is 5.04. The zero-order chi connectivity index (χ0) is 16.2. The molecule has 0 aromatic carbocycles. The molecule has 8 heteroatoms. The molecule has 122 valence electrons. The van der Waals surface area contributed by atoms with Gasteiger partial charge >= 0.3 is 0 Å². The highest BCUT2D eigenvalue weighted by molar-refractivity contribution is 7.91. The molecule has 4 rings (SSSR count). The number of carbonyl (C=O) groups is 1. The van der Waals surface area contributed by atoms with Gasteiger partial charge in [0.05, 0.1) is 6.20 Å². The number of aromatic nitrogens is 1. The molecule has 7 nitrogen and oxygen atoms in total. The summed E-state index contributed by atoms with van der Waals surface area (Å²) >= 11 is 0. The van der Waals surface area contributed by atoms with Gasteiger partial charge < -0.3 is 15.1 Å². The largest absolute Gasteiger partial charge is 0.461 e. The average Bonchev–Trinajstić information content (AvgIpc) is 3.20. The van der Waals surface area contributed by atoms with Crippen LogP contribution in [0.4, 0.5) is 0 Å². The number of pyridine rings is 1. The first-order chi connectivity index (χ1) is 10.9. The van der Waals surface area contributed by atoms with Crippen molar-refractivity contribution in [3.05, 3.63) is 24.2 Å². The molecule has 2 N–H and O–H groups in total. The summed E-state index contributed by atoms with van der Waals surface area (Å²) in [5, 5.41) is 6.85. The average molecular weight is 335 g/mol. The van der Waals surface area contributed by atoms with Crippen molar-refractivity contribution in [1.82, 2.24) is 15.6 Å². The first-order valence-corrected chi connectivity index (χ1v) is 9.45. The van der Waals surface area contributed by atoms with Crippen molar-refractivity contribution < 1.29 is 17.6 Å². The van der Waals surface area contributed by atoms with Gasteiger partial charge in [-0.05, 0) is 25.3 Å². The minimum atomic E-state index is -3.42. The van der Waals surface area contributed by atoms with Crippen molar-refractivity contribution in [2.24, 2.45) is 0 Å². The van der Waals surface area contributed by atoms with Crippen LogP contribution in [0, 0.1) is 0 Å². The Kier molecular flexibility index (Phi) is 3.21. The Morgan fingerprint density at radius 3 is 2.91 bits per heavy atom. The lowest BCUT2D eigenvalue weighted by Crippen LogP contribution is -2.43. The summed E-state index contributed by atoms with van der Waals surface area (Å²) in [6.45, 7) is 0. The molecule has 2 aliphatic heterocycles. The van der Waals surface area contributed by atoms with E-state index in [4.69, 9.17) is 4.42 Å². The zero-order valence-electron chi connectivity index (χ0n) is 12.6. The molecule has 1 amide bonds. The van der Waals surface area contributed by atoms with E-state index in [1.165, 1.54) is 18.5 Å². The van der Waals surface area contributed by atoms with Crippen LogP contribution < -0.4 is 10.6 Å². The van der Waals surface area contributed by atoms with E-state index in [1.54, 1.807) is 0 Å². The van der Waals surface area contributed by atoms with Crippen molar-refractivity contribution in [1.29, 1.82) is 0 Å². The van der Waals surface area contributed by atoms with Crippen molar-refractivity contribution in [3.63, 3.8) is 0 Å². The first-order valence-electron chi connectivity index (χ1n) is 7.56. The highest BCUT2D eigenvalue weighted by atomic mass is 32.2. The second-order valence-corrected chi connectivity index (χ2v) is 8.29. The summed E-state index contributed by atoms with van der Waals surface area (Å²) in [6.07, 6.45) is 6.84. The predicted octanol–water partition coefficient (Wildman–Crippen LogP) is 0.854. The number of furan rings is 1. The Balaban J connectivity index is 1.62. The lowest BCUT2D eigenvalue weighted by Gasteiger charge is -2.21. The van der Waals surface area contributed by atoms with Crippen LogP contribution in [0.3, 0.4) is 0 Å². The number of nitrogens with zero attached hydrogens (tertiary/aromatic N) is 1. The van der Waals surface area contributed by atoms with E-state index in [0.717, 1.165) is 25.5 Å². The molecule has 4 heterocycles. The summed E-state index contributed by atoms with van der Waals surface area (Å²) in [5.41, 5.74) is 0.551. The fourth-order valence-electron chi connectivity index (χ4n) is 3.55. The molecule has 2 fully saturated rings. The van der Waals surface area contributed by atoms with Gasteiger partial charge in [0.15, 0.2) is 15.4 Å². The molecule has 0 radical (unpaired) electrons. The molecule has 0 aliphatic carbocycles. The lowest BCUT2D eigenvalue weighted by molar-refractivity contribution is 0.0926. The third-order valence-electron chi connectivity index (χ3n) is 4.67. The molecule has 0 unspecified atom stereocenters. The maximum atomic E-state index is 12.4. The minimum Gasteiger partial charge on any atom is -0.461 e. The third-order valence-corrected chi connectivity index (χ3v) is 5.79. The maximum Gasteiger partial charge on any atom is 0.270 e. The Bertz CT molecular complexity index is 889. The highest BCUT2D eigenvalue weighted by Gasteiger charge is 2.39. The van der Waals surface area contributed by atoms with Gasteiger partial charge in [-0.2, -0.15) is 0 Å². The Hall–Kier alpha value is -1.93. The topological polar surface area (TPSA) is 101 Å². The number of sulfone groups is 1. The molecule has 3 atom stereocenters. The summed E-state index contributed by atoms with van der Waals surface area (Å²) in [7, 11) is -3.42. The SMILES string of the molecule is CS(=O)(=O)c1coc2cnc(C(=O)N[C@@H]3C[C@H]4CC[C@@H]3N4)cc12. The van der Waals surface area contributed by atoms with Crippen LogP contribution in [-0.4, -0.2) is 43.7 Å². The van der Waals surface area contributed by atoms with Crippen LogP contribution in [0.15, 0.2) is 27.8 Å². The van der Waals surface area contributed by atoms with Crippen LogP contribution in [0.5, 0.6) is 0 Å². The van der Waals surface area contributed by atoms with Gasteiger partial charge in [-0.1, -0.05) is 0 Å². The highest BCUT2D eigenvalue weighted by Crippen LogP contribution is 2.29. The van der Waals surface area contributed by atoms with Gasteiger partial charge in [0, 0.05) is 29.8 Å². The van der Waals surface area contributed by atoms with E-state index in [9.17, 15) is 13.2 Å². The molecule has 0 saturated carbocycles. The van der Waals surface area contributed by atoms with Crippen LogP contribution >= 0.6 is 0 Å². The number of rotatable bonds is 3. The van der Waals surface area contributed by atoms with Crippen LogP contribution in [0.1, 0.15) is 29.8 Å². The van der Waals surface area contributed by atoms with Crippen LogP contribution in [0.2, 0.25) is 0 Å². The number of amides is 1. The number of carbonyl (C=O) groups excluding carboxylic acids is 1. The Labute approximate surface area is 133 Å².